The maximum atomic E-state index is 13.5. The van der Waals surface area contributed by atoms with Crippen LogP contribution in [0.5, 0.6) is 11.5 Å². The van der Waals surface area contributed by atoms with Crippen molar-refractivity contribution in [2.24, 2.45) is 0 Å². The van der Waals surface area contributed by atoms with E-state index in [2.05, 4.69) is 5.32 Å². The van der Waals surface area contributed by atoms with E-state index in [-0.39, 0.29) is 5.75 Å². The minimum atomic E-state index is -0.754. The molecule has 2 aromatic carbocycles. The Morgan fingerprint density at radius 3 is 2.63 bits per heavy atom. The van der Waals surface area contributed by atoms with Gasteiger partial charge in [0, 0.05) is 23.2 Å². The third kappa shape index (κ3) is 3.22. The van der Waals surface area contributed by atoms with Crippen LogP contribution >= 0.6 is 11.6 Å². The van der Waals surface area contributed by atoms with Crippen LogP contribution in [-0.2, 0) is 6.54 Å². The second-order valence-corrected chi connectivity index (χ2v) is 4.33. The summed E-state index contributed by atoms with van der Waals surface area (Å²) in [5.41, 5.74) is 0.718. The summed E-state index contributed by atoms with van der Waals surface area (Å²) < 4.78 is 31.8. The molecule has 0 aliphatic carbocycles. The van der Waals surface area contributed by atoms with Gasteiger partial charge in [0.15, 0.2) is 11.6 Å². The van der Waals surface area contributed by atoms with Gasteiger partial charge in [0.25, 0.3) is 0 Å². The number of rotatable bonds is 4. The van der Waals surface area contributed by atoms with Gasteiger partial charge in [-0.15, -0.1) is 0 Å². The molecular weight excluding hydrogens is 272 g/mol. The molecule has 2 aromatic rings. The van der Waals surface area contributed by atoms with Gasteiger partial charge in [0.2, 0.25) is 0 Å². The van der Waals surface area contributed by atoms with Crippen LogP contribution in [0.3, 0.4) is 0 Å². The Morgan fingerprint density at radius 1 is 1.16 bits per heavy atom. The van der Waals surface area contributed by atoms with Crippen LogP contribution in [0.4, 0.5) is 8.78 Å². The lowest BCUT2D eigenvalue weighted by Crippen LogP contribution is -2.07. The predicted octanol–water partition coefficient (Wildman–Crippen LogP) is 4.13. The molecule has 100 valence electrons. The van der Waals surface area contributed by atoms with Gasteiger partial charge in [0.1, 0.15) is 11.6 Å². The Labute approximate surface area is 115 Å². The lowest BCUT2D eigenvalue weighted by Gasteiger charge is -2.12. The van der Waals surface area contributed by atoms with Gasteiger partial charge in [-0.1, -0.05) is 17.7 Å². The Bertz CT molecular complexity index is 590. The highest BCUT2D eigenvalue weighted by Crippen LogP contribution is 2.31. The van der Waals surface area contributed by atoms with Crippen LogP contribution < -0.4 is 10.1 Å². The van der Waals surface area contributed by atoms with Crippen molar-refractivity contribution < 1.29 is 13.5 Å². The van der Waals surface area contributed by atoms with Gasteiger partial charge in [-0.2, -0.15) is 0 Å². The highest BCUT2D eigenvalue weighted by atomic mass is 35.5. The molecule has 0 heterocycles. The quantitative estimate of drug-likeness (QED) is 0.911. The van der Waals surface area contributed by atoms with E-state index in [0.29, 0.717) is 17.3 Å². The Hall–Kier alpha value is -1.65. The van der Waals surface area contributed by atoms with Crippen LogP contribution in [-0.4, -0.2) is 7.05 Å². The number of hydrogen-bond donors (Lipinski definition) is 1. The first-order chi connectivity index (χ1) is 9.11. The fraction of sp³-hybridized carbons (Fsp3) is 0.143. The molecule has 0 atom stereocenters. The lowest BCUT2D eigenvalue weighted by atomic mass is 10.2. The average Bonchev–Trinajstić information content (AvgIpc) is 2.37. The molecule has 5 heteroatoms. The summed E-state index contributed by atoms with van der Waals surface area (Å²) in [6.07, 6.45) is 0. The zero-order valence-corrected chi connectivity index (χ0v) is 11.0. The molecule has 0 saturated heterocycles. The molecule has 0 saturated carbocycles. The molecule has 0 radical (unpaired) electrons. The van der Waals surface area contributed by atoms with Crippen LogP contribution in [0.2, 0.25) is 5.02 Å². The van der Waals surface area contributed by atoms with Crippen LogP contribution in [0.1, 0.15) is 5.56 Å². The second-order valence-electron chi connectivity index (χ2n) is 3.92. The van der Waals surface area contributed by atoms with Crippen molar-refractivity contribution in [3.8, 4) is 11.5 Å². The van der Waals surface area contributed by atoms with Crippen LogP contribution in [0, 0.1) is 11.6 Å². The van der Waals surface area contributed by atoms with E-state index in [1.807, 2.05) is 0 Å². The Kier molecular flexibility index (Phi) is 4.35. The van der Waals surface area contributed by atoms with Crippen molar-refractivity contribution in [3.05, 3.63) is 58.6 Å². The smallest absolute Gasteiger partial charge is 0.168 e. The van der Waals surface area contributed by atoms with Gasteiger partial charge in [-0.05, 0) is 31.3 Å². The second kappa shape index (κ2) is 5.99. The van der Waals surface area contributed by atoms with Crippen LogP contribution in [0.15, 0.2) is 36.4 Å². The summed E-state index contributed by atoms with van der Waals surface area (Å²) in [6, 6.07) is 8.27. The van der Waals surface area contributed by atoms with E-state index in [4.69, 9.17) is 16.3 Å². The Balaban J connectivity index is 2.35. The SMILES string of the molecule is CNCc1c(Cl)cccc1Oc1ccc(F)cc1F. The van der Waals surface area contributed by atoms with E-state index in [0.717, 1.165) is 17.7 Å². The highest BCUT2D eigenvalue weighted by molar-refractivity contribution is 6.31. The fourth-order valence-electron chi connectivity index (χ4n) is 1.66. The molecule has 2 rings (SSSR count). The number of halogens is 3. The van der Waals surface area contributed by atoms with Crippen molar-refractivity contribution in [1.82, 2.24) is 5.32 Å². The predicted molar refractivity (Wildman–Crippen MR) is 70.6 cm³/mol. The van der Waals surface area contributed by atoms with Gasteiger partial charge in [-0.3, -0.25) is 0 Å². The van der Waals surface area contributed by atoms with Crippen molar-refractivity contribution in [2.75, 3.05) is 7.05 Å². The maximum absolute atomic E-state index is 13.5. The fourth-order valence-corrected chi connectivity index (χ4v) is 1.89. The third-order valence-corrected chi connectivity index (χ3v) is 2.90. The molecule has 2 nitrogen and oxygen atoms in total. The average molecular weight is 284 g/mol. The Morgan fingerprint density at radius 2 is 1.95 bits per heavy atom. The van der Waals surface area contributed by atoms with E-state index in [1.54, 1.807) is 25.2 Å². The molecule has 0 bridgehead atoms. The zero-order valence-electron chi connectivity index (χ0n) is 10.2. The minimum Gasteiger partial charge on any atom is -0.454 e. The minimum absolute atomic E-state index is 0.0407. The molecule has 0 aliphatic rings. The molecule has 0 unspecified atom stereocenters. The van der Waals surface area contributed by atoms with Crippen molar-refractivity contribution in [1.29, 1.82) is 0 Å². The van der Waals surface area contributed by atoms with Crippen molar-refractivity contribution in [3.63, 3.8) is 0 Å². The van der Waals surface area contributed by atoms with Crippen molar-refractivity contribution in [2.45, 2.75) is 6.54 Å². The summed E-state index contributed by atoms with van der Waals surface area (Å²) in [6.45, 7) is 0.484. The first-order valence-electron chi connectivity index (χ1n) is 5.66. The molecule has 0 fully saturated rings. The molecule has 0 aromatic heterocycles. The zero-order chi connectivity index (χ0) is 13.8. The number of nitrogens with one attached hydrogen (secondary N) is 1. The maximum Gasteiger partial charge on any atom is 0.168 e. The number of ether oxygens (including phenoxy) is 1. The largest absolute Gasteiger partial charge is 0.454 e. The molecule has 0 aliphatic heterocycles. The first kappa shape index (κ1) is 13.8. The molecule has 19 heavy (non-hydrogen) atoms. The van der Waals surface area contributed by atoms with E-state index in [1.165, 1.54) is 6.07 Å². The first-order valence-corrected chi connectivity index (χ1v) is 6.04. The molecule has 0 amide bonds. The van der Waals surface area contributed by atoms with Gasteiger partial charge in [0.05, 0.1) is 0 Å². The van der Waals surface area contributed by atoms with Gasteiger partial charge < -0.3 is 10.1 Å². The third-order valence-electron chi connectivity index (χ3n) is 2.54. The summed E-state index contributed by atoms with van der Waals surface area (Å²) in [5.74, 6) is -1.00. The number of hydrogen-bond acceptors (Lipinski definition) is 2. The molecular formula is C14H12ClF2NO. The molecule has 0 spiro atoms. The van der Waals surface area contributed by atoms with E-state index < -0.39 is 11.6 Å². The molecule has 1 N–H and O–H groups in total. The van der Waals surface area contributed by atoms with Gasteiger partial charge >= 0.3 is 0 Å². The topological polar surface area (TPSA) is 21.3 Å². The standard InChI is InChI=1S/C14H12ClF2NO/c1-18-8-10-11(15)3-2-4-13(10)19-14-6-5-9(16)7-12(14)17/h2-7,18H,8H2,1H3. The lowest BCUT2D eigenvalue weighted by molar-refractivity contribution is 0.432. The summed E-state index contributed by atoms with van der Waals surface area (Å²) in [4.78, 5) is 0. The van der Waals surface area contributed by atoms with E-state index >= 15 is 0 Å². The van der Waals surface area contributed by atoms with Crippen LogP contribution in [0.25, 0.3) is 0 Å². The number of benzene rings is 2. The highest BCUT2D eigenvalue weighted by Gasteiger charge is 2.11. The summed E-state index contributed by atoms with van der Waals surface area (Å²) >= 11 is 6.07. The summed E-state index contributed by atoms with van der Waals surface area (Å²) in [5, 5.41) is 3.48. The van der Waals surface area contributed by atoms with E-state index in [9.17, 15) is 8.78 Å². The van der Waals surface area contributed by atoms with Crippen molar-refractivity contribution >= 4 is 11.6 Å². The normalized spacial score (nSPS) is 10.5. The monoisotopic (exact) mass is 283 g/mol. The van der Waals surface area contributed by atoms with Gasteiger partial charge in [-0.25, -0.2) is 8.78 Å². The summed E-state index contributed by atoms with van der Waals surface area (Å²) in [7, 11) is 1.77.